The molecule has 0 saturated carbocycles. The molecule has 1 aliphatic rings. The van der Waals surface area contributed by atoms with E-state index in [1.54, 1.807) is 0 Å². The average Bonchev–Trinajstić information content (AvgIpc) is 3.40. The molecule has 2 N–H and O–H groups in total. The molecular weight excluding hydrogens is 510 g/mol. The zero-order valence-electron chi connectivity index (χ0n) is 18.6. The summed E-state index contributed by atoms with van der Waals surface area (Å²) in [4.78, 5) is 32.9. The van der Waals surface area contributed by atoms with Crippen molar-refractivity contribution in [1.29, 1.82) is 0 Å². The molecule has 0 radical (unpaired) electrons. The molecule has 10 nitrogen and oxygen atoms in total. The molecule has 0 fully saturated rings. The number of hydrogen-bond donors (Lipinski definition) is 2. The molecule has 16 heteroatoms. The highest BCUT2D eigenvalue weighted by molar-refractivity contribution is 6.08. The molecule has 4 aromatic rings. The molecule has 5 rings (SSSR count). The Balaban J connectivity index is 1.57. The van der Waals surface area contributed by atoms with E-state index < -0.39 is 48.0 Å². The van der Waals surface area contributed by atoms with Crippen molar-refractivity contribution in [2.75, 3.05) is 5.32 Å². The quantitative estimate of drug-likeness (QED) is 0.381. The van der Waals surface area contributed by atoms with E-state index in [1.807, 2.05) is 0 Å². The number of anilines is 1. The summed E-state index contributed by atoms with van der Waals surface area (Å²) in [5.74, 6) is -7.30. The fourth-order valence-corrected chi connectivity index (χ4v) is 3.96. The third-order valence-corrected chi connectivity index (χ3v) is 5.97. The van der Waals surface area contributed by atoms with Crippen LogP contribution in [0.15, 0.2) is 30.9 Å². The molecule has 0 bridgehead atoms. The number of carbonyl (C=O) groups excluding carboxylic acids is 1. The van der Waals surface area contributed by atoms with Gasteiger partial charge in [-0.25, -0.2) is 23.9 Å². The van der Waals surface area contributed by atoms with Crippen LogP contribution >= 0.6 is 0 Å². The van der Waals surface area contributed by atoms with Crippen molar-refractivity contribution >= 4 is 17.4 Å². The number of pyridine rings is 1. The van der Waals surface area contributed by atoms with Gasteiger partial charge in [-0.2, -0.15) is 32.0 Å². The maximum atomic E-state index is 13.5. The number of carbonyl (C=O) groups is 1. The molecule has 0 spiro atoms. The van der Waals surface area contributed by atoms with Crippen LogP contribution in [0.1, 0.15) is 30.3 Å². The van der Waals surface area contributed by atoms with Crippen LogP contribution in [0.5, 0.6) is 5.88 Å². The zero-order valence-corrected chi connectivity index (χ0v) is 18.6. The van der Waals surface area contributed by atoms with Crippen molar-refractivity contribution in [3.05, 3.63) is 53.6 Å². The molecular formula is C21H14F6N8O2. The monoisotopic (exact) mass is 524 g/mol. The zero-order chi connectivity index (χ0) is 26.8. The van der Waals surface area contributed by atoms with Crippen LogP contribution in [-0.4, -0.2) is 57.6 Å². The number of aryl methyl sites for hydroxylation is 1. The summed E-state index contributed by atoms with van der Waals surface area (Å²) in [7, 11) is 0. The Hall–Kier alpha value is -4.37. The topological polar surface area (TPSA) is 131 Å². The Labute approximate surface area is 202 Å². The number of aromatic nitrogens is 7. The molecule has 37 heavy (non-hydrogen) atoms. The first-order valence-corrected chi connectivity index (χ1v) is 10.5. The van der Waals surface area contributed by atoms with Gasteiger partial charge in [0, 0.05) is 6.42 Å². The van der Waals surface area contributed by atoms with E-state index in [1.165, 1.54) is 19.2 Å². The fourth-order valence-electron chi connectivity index (χ4n) is 3.96. The third kappa shape index (κ3) is 3.88. The van der Waals surface area contributed by atoms with Crippen molar-refractivity contribution in [2.24, 2.45) is 0 Å². The van der Waals surface area contributed by atoms with Gasteiger partial charge in [0.15, 0.2) is 11.5 Å². The molecule has 4 aromatic heterocycles. The summed E-state index contributed by atoms with van der Waals surface area (Å²) in [5, 5.41) is 17.1. The minimum absolute atomic E-state index is 0.0489. The van der Waals surface area contributed by atoms with E-state index in [9.17, 15) is 36.2 Å². The van der Waals surface area contributed by atoms with Crippen molar-refractivity contribution in [3.63, 3.8) is 0 Å². The largest absolute Gasteiger partial charge is 0.493 e. The van der Waals surface area contributed by atoms with Gasteiger partial charge in [-0.05, 0) is 25.5 Å². The van der Waals surface area contributed by atoms with Crippen molar-refractivity contribution in [1.82, 2.24) is 34.5 Å². The number of alkyl halides is 5. The van der Waals surface area contributed by atoms with Crippen LogP contribution in [0.25, 0.3) is 17.2 Å². The molecule has 1 amide bonds. The molecule has 0 saturated heterocycles. The Morgan fingerprint density at radius 2 is 1.86 bits per heavy atom. The van der Waals surface area contributed by atoms with Crippen LogP contribution in [0, 0.1) is 5.82 Å². The van der Waals surface area contributed by atoms with E-state index in [-0.39, 0.29) is 39.9 Å². The molecule has 1 atom stereocenters. The first-order chi connectivity index (χ1) is 17.3. The molecule has 0 aliphatic carbocycles. The van der Waals surface area contributed by atoms with Crippen LogP contribution < -0.4 is 5.32 Å². The second-order valence-corrected chi connectivity index (χ2v) is 8.34. The number of hydrogen-bond acceptors (Lipinski definition) is 8. The maximum absolute atomic E-state index is 13.5. The van der Waals surface area contributed by atoms with Gasteiger partial charge in [-0.3, -0.25) is 9.78 Å². The van der Waals surface area contributed by atoms with E-state index in [4.69, 9.17) is 0 Å². The summed E-state index contributed by atoms with van der Waals surface area (Å²) in [6, 6.07) is 2.35. The molecule has 192 valence electrons. The molecule has 0 aromatic carbocycles. The lowest BCUT2D eigenvalue weighted by Gasteiger charge is -2.21. The number of halogens is 6. The van der Waals surface area contributed by atoms with Crippen LogP contribution in [0.3, 0.4) is 0 Å². The second-order valence-electron chi connectivity index (χ2n) is 8.34. The average molecular weight is 524 g/mol. The number of rotatable bonds is 5. The first-order valence-electron chi connectivity index (χ1n) is 10.5. The molecule has 1 unspecified atom stereocenters. The lowest BCUT2D eigenvalue weighted by Crippen LogP contribution is -2.36. The number of fused-ring (bicyclic) bond motifs is 2. The van der Waals surface area contributed by atoms with Gasteiger partial charge in [-0.1, -0.05) is 0 Å². The Morgan fingerprint density at radius 3 is 2.54 bits per heavy atom. The standard InChI is InChI=1S/C21H14F6N8O2/c1-19(12-3-2-9(22)6-28-12)13-15(34-18(19)37)32-14(33-17(13)36)11-7-35-16(29-8-30-35)10(31-11)4-5-20(23,24)21(25,26)27/h2-3,6-8H,4-5H2,1H3,(H2,32,33,34,36,37). The smallest absolute Gasteiger partial charge is 0.453 e. The predicted molar refractivity (Wildman–Crippen MR) is 112 cm³/mol. The summed E-state index contributed by atoms with van der Waals surface area (Å²) >= 11 is 0. The summed E-state index contributed by atoms with van der Waals surface area (Å²) in [6.07, 6.45) is -4.97. The second kappa shape index (κ2) is 8.07. The third-order valence-electron chi connectivity index (χ3n) is 5.97. The fraction of sp³-hybridized carbons (Fsp3) is 0.286. The van der Waals surface area contributed by atoms with Gasteiger partial charge < -0.3 is 10.4 Å². The normalized spacial score (nSPS) is 17.8. The maximum Gasteiger partial charge on any atom is 0.453 e. The number of nitrogens with one attached hydrogen (secondary N) is 1. The SMILES string of the molecule is CC1(c2ccc(F)cn2)C(=O)Nc2nc(-c3cn4ncnc4c(CCC(F)(F)C(F)(F)F)n3)nc(O)c21. The number of nitrogens with zero attached hydrogens (tertiary/aromatic N) is 7. The van der Waals surface area contributed by atoms with Gasteiger partial charge in [0.05, 0.1) is 29.3 Å². The Bertz CT molecular complexity index is 1540. The Morgan fingerprint density at radius 1 is 1.11 bits per heavy atom. The highest BCUT2D eigenvalue weighted by Crippen LogP contribution is 2.45. The van der Waals surface area contributed by atoms with E-state index in [2.05, 4.69) is 35.3 Å². The van der Waals surface area contributed by atoms with Gasteiger partial charge in [0.25, 0.3) is 0 Å². The predicted octanol–water partition coefficient (Wildman–Crippen LogP) is 3.21. The number of aromatic hydroxyl groups is 1. The first kappa shape index (κ1) is 24.3. The van der Waals surface area contributed by atoms with Crippen LogP contribution in [0.4, 0.5) is 32.2 Å². The molecule has 1 aliphatic heterocycles. The minimum atomic E-state index is -5.74. The summed E-state index contributed by atoms with van der Waals surface area (Å²) < 4.78 is 79.4. The van der Waals surface area contributed by atoms with Gasteiger partial charge in [-0.15, -0.1) is 0 Å². The van der Waals surface area contributed by atoms with Crippen LogP contribution in [-0.2, 0) is 16.6 Å². The molecule has 5 heterocycles. The lowest BCUT2D eigenvalue weighted by atomic mass is 9.81. The van der Waals surface area contributed by atoms with Crippen molar-refractivity contribution in [3.8, 4) is 17.4 Å². The Kier molecular flexibility index (Phi) is 5.31. The van der Waals surface area contributed by atoms with Crippen molar-refractivity contribution in [2.45, 2.75) is 37.3 Å². The van der Waals surface area contributed by atoms with Gasteiger partial charge >= 0.3 is 12.1 Å². The number of amides is 1. The van der Waals surface area contributed by atoms with Gasteiger partial charge in [0.2, 0.25) is 11.8 Å². The highest BCUT2D eigenvalue weighted by atomic mass is 19.4. The van der Waals surface area contributed by atoms with E-state index >= 15 is 0 Å². The summed E-state index contributed by atoms with van der Waals surface area (Å²) in [6.45, 7) is 1.43. The van der Waals surface area contributed by atoms with E-state index in [0.29, 0.717) is 0 Å². The lowest BCUT2D eigenvalue weighted by molar-refractivity contribution is -0.284. The van der Waals surface area contributed by atoms with Crippen molar-refractivity contribution < 1.29 is 36.2 Å². The van der Waals surface area contributed by atoms with Crippen LogP contribution in [0.2, 0.25) is 0 Å². The van der Waals surface area contributed by atoms with Gasteiger partial charge in [0.1, 0.15) is 29.1 Å². The summed E-state index contributed by atoms with van der Waals surface area (Å²) in [5.41, 5.74) is -1.98. The van der Waals surface area contributed by atoms with E-state index in [0.717, 1.165) is 23.1 Å². The minimum Gasteiger partial charge on any atom is -0.493 e. The highest BCUT2D eigenvalue weighted by Gasteiger charge is 2.56.